The van der Waals surface area contributed by atoms with E-state index in [1.807, 2.05) is 11.0 Å². The fourth-order valence-corrected chi connectivity index (χ4v) is 3.49. The van der Waals surface area contributed by atoms with Crippen LogP contribution in [0.1, 0.15) is 40.7 Å². The largest absolute Gasteiger partial charge is 0.393 e. The Morgan fingerprint density at radius 3 is 2.60 bits per heavy atom. The number of amides is 1. The van der Waals surface area contributed by atoms with Gasteiger partial charge in [0, 0.05) is 24.6 Å². The number of hydrogen-bond acceptors (Lipinski definition) is 2. The second-order valence-corrected chi connectivity index (χ2v) is 6.28. The predicted octanol–water partition coefficient (Wildman–Crippen LogP) is 2.31. The molecule has 0 atom stereocenters. The molecule has 0 unspecified atom stereocenters. The van der Waals surface area contributed by atoms with Gasteiger partial charge in [-0.3, -0.25) is 4.79 Å². The number of nitrogens with two attached hydrogens (primary N) is 1. The van der Waals surface area contributed by atoms with Gasteiger partial charge in [-0.2, -0.15) is 0 Å². The molecule has 1 heterocycles. The molecule has 1 aliphatic carbocycles. The van der Waals surface area contributed by atoms with Gasteiger partial charge in [0.15, 0.2) is 0 Å². The van der Waals surface area contributed by atoms with E-state index in [4.69, 9.17) is 18.0 Å². The van der Waals surface area contributed by atoms with Crippen molar-refractivity contribution < 1.29 is 4.79 Å². The van der Waals surface area contributed by atoms with Gasteiger partial charge in [0.2, 0.25) is 0 Å². The summed E-state index contributed by atoms with van der Waals surface area (Å²) < 4.78 is 0. The molecule has 1 aliphatic heterocycles. The third-order valence-electron chi connectivity index (χ3n) is 4.53. The quantitative estimate of drug-likeness (QED) is 0.850. The van der Waals surface area contributed by atoms with Gasteiger partial charge < -0.3 is 10.6 Å². The minimum atomic E-state index is 0.154. The number of piperidine rings is 1. The molecule has 106 valence electrons. The fraction of sp³-hybridized carbons (Fsp3) is 0.500. The first kappa shape index (κ1) is 13.6. The Hall–Kier alpha value is -1.42. The number of carbonyl (C=O) groups excluding carboxylic acids is 1. The van der Waals surface area contributed by atoms with Crippen molar-refractivity contribution in [3.8, 4) is 0 Å². The van der Waals surface area contributed by atoms with Crippen LogP contribution in [0, 0.1) is 5.92 Å². The highest BCUT2D eigenvalue weighted by Crippen LogP contribution is 2.25. The van der Waals surface area contributed by atoms with Crippen LogP contribution in [0.4, 0.5) is 0 Å². The van der Waals surface area contributed by atoms with Gasteiger partial charge in [-0.05, 0) is 55.4 Å². The summed E-state index contributed by atoms with van der Waals surface area (Å²) >= 11 is 5.04. The Morgan fingerprint density at radius 1 is 1.20 bits per heavy atom. The average Bonchev–Trinajstić information content (AvgIpc) is 2.94. The van der Waals surface area contributed by atoms with E-state index in [2.05, 4.69) is 12.1 Å². The minimum Gasteiger partial charge on any atom is -0.393 e. The normalized spacial score (nSPS) is 18.9. The zero-order valence-corrected chi connectivity index (χ0v) is 12.4. The molecule has 0 radical (unpaired) electrons. The maximum Gasteiger partial charge on any atom is 0.253 e. The van der Waals surface area contributed by atoms with E-state index >= 15 is 0 Å². The van der Waals surface area contributed by atoms with Gasteiger partial charge in [0.05, 0.1) is 4.99 Å². The van der Waals surface area contributed by atoms with Crippen LogP contribution in [-0.4, -0.2) is 28.9 Å². The molecule has 2 aliphatic rings. The molecule has 1 fully saturated rings. The summed E-state index contributed by atoms with van der Waals surface area (Å²) in [6.45, 7) is 1.52. The van der Waals surface area contributed by atoms with Crippen molar-refractivity contribution in [1.29, 1.82) is 0 Å². The summed E-state index contributed by atoms with van der Waals surface area (Å²) in [5, 5.41) is 0. The number of aryl methyl sites for hydroxylation is 2. The average molecular weight is 288 g/mol. The third kappa shape index (κ3) is 2.57. The van der Waals surface area contributed by atoms with Crippen molar-refractivity contribution >= 4 is 23.1 Å². The van der Waals surface area contributed by atoms with Crippen molar-refractivity contribution in [2.24, 2.45) is 11.7 Å². The topological polar surface area (TPSA) is 46.3 Å². The number of fused-ring (bicyclic) bond motifs is 1. The van der Waals surface area contributed by atoms with E-state index < -0.39 is 0 Å². The summed E-state index contributed by atoms with van der Waals surface area (Å²) in [7, 11) is 0. The summed E-state index contributed by atoms with van der Waals surface area (Å²) in [4.78, 5) is 15.1. The Bertz CT molecular complexity index is 547. The Morgan fingerprint density at radius 2 is 1.90 bits per heavy atom. The lowest BCUT2D eigenvalue weighted by Crippen LogP contribution is -2.41. The standard InChI is InChI=1S/C16H20N2OS/c17-15(20)12-6-8-18(9-7-12)16(19)14-5-4-11-2-1-3-13(11)10-14/h4-5,10,12H,1-3,6-9H2,(H2,17,20). The summed E-state index contributed by atoms with van der Waals surface area (Å²) in [5.41, 5.74) is 9.29. The number of thiocarbonyl (C=S) groups is 1. The molecule has 1 aromatic carbocycles. The first-order valence-corrected chi connectivity index (χ1v) is 7.76. The minimum absolute atomic E-state index is 0.154. The van der Waals surface area contributed by atoms with Crippen molar-refractivity contribution in [3.63, 3.8) is 0 Å². The predicted molar refractivity (Wildman–Crippen MR) is 83.9 cm³/mol. The molecule has 3 rings (SSSR count). The molecule has 1 saturated heterocycles. The van der Waals surface area contributed by atoms with E-state index in [1.54, 1.807) is 0 Å². The highest BCUT2D eigenvalue weighted by molar-refractivity contribution is 7.80. The molecule has 0 aromatic heterocycles. The lowest BCUT2D eigenvalue weighted by atomic mass is 9.96. The molecule has 20 heavy (non-hydrogen) atoms. The number of likely N-dealkylation sites (tertiary alicyclic amines) is 1. The van der Waals surface area contributed by atoms with Gasteiger partial charge in [-0.15, -0.1) is 0 Å². The van der Waals surface area contributed by atoms with Crippen LogP contribution in [0.2, 0.25) is 0 Å². The molecule has 2 N–H and O–H groups in total. The summed E-state index contributed by atoms with van der Waals surface area (Å²) in [5.74, 6) is 0.454. The SMILES string of the molecule is NC(=S)C1CCN(C(=O)c2ccc3c(c2)CCC3)CC1. The van der Waals surface area contributed by atoms with E-state index in [1.165, 1.54) is 17.5 Å². The van der Waals surface area contributed by atoms with Gasteiger partial charge in [-0.1, -0.05) is 18.3 Å². The first-order chi connectivity index (χ1) is 9.65. The van der Waals surface area contributed by atoms with Crippen LogP contribution in [0.15, 0.2) is 18.2 Å². The van der Waals surface area contributed by atoms with Crippen LogP contribution < -0.4 is 5.73 Å². The molecular formula is C16H20N2OS. The smallest absolute Gasteiger partial charge is 0.253 e. The number of carbonyl (C=O) groups is 1. The molecular weight excluding hydrogens is 268 g/mol. The highest BCUT2D eigenvalue weighted by atomic mass is 32.1. The molecule has 4 heteroatoms. The van der Waals surface area contributed by atoms with E-state index in [-0.39, 0.29) is 5.91 Å². The Labute approximate surface area is 125 Å². The van der Waals surface area contributed by atoms with Crippen molar-refractivity contribution in [3.05, 3.63) is 34.9 Å². The van der Waals surface area contributed by atoms with E-state index in [0.29, 0.717) is 10.9 Å². The number of benzene rings is 1. The Kier molecular flexibility index (Phi) is 3.74. The summed E-state index contributed by atoms with van der Waals surface area (Å²) in [6.07, 6.45) is 5.27. The lowest BCUT2D eigenvalue weighted by Gasteiger charge is -2.31. The van der Waals surface area contributed by atoms with Crippen LogP contribution >= 0.6 is 12.2 Å². The van der Waals surface area contributed by atoms with Gasteiger partial charge in [0.25, 0.3) is 5.91 Å². The zero-order chi connectivity index (χ0) is 14.1. The van der Waals surface area contributed by atoms with Crippen LogP contribution in [0.25, 0.3) is 0 Å². The maximum absolute atomic E-state index is 12.5. The molecule has 1 aromatic rings. The van der Waals surface area contributed by atoms with Crippen molar-refractivity contribution in [2.75, 3.05) is 13.1 Å². The van der Waals surface area contributed by atoms with Gasteiger partial charge >= 0.3 is 0 Å². The van der Waals surface area contributed by atoms with Crippen LogP contribution in [0.3, 0.4) is 0 Å². The van der Waals surface area contributed by atoms with Crippen molar-refractivity contribution in [2.45, 2.75) is 32.1 Å². The second kappa shape index (κ2) is 5.52. The Balaban J connectivity index is 1.69. The lowest BCUT2D eigenvalue weighted by molar-refractivity contribution is 0.0710. The maximum atomic E-state index is 12.5. The van der Waals surface area contributed by atoms with Gasteiger partial charge in [0.1, 0.15) is 0 Å². The van der Waals surface area contributed by atoms with Crippen LogP contribution in [0.5, 0.6) is 0 Å². The number of hydrogen-bond donors (Lipinski definition) is 1. The third-order valence-corrected chi connectivity index (χ3v) is 4.86. The molecule has 3 nitrogen and oxygen atoms in total. The van der Waals surface area contributed by atoms with E-state index in [9.17, 15) is 4.79 Å². The van der Waals surface area contributed by atoms with Gasteiger partial charge in [-0.25, -0.2) is 0 Å². The van der Waals surface area contributed by atoms with Crippen LogP contribution in [-0.2, 0) is 12.8 Å². The molecule has 0 bridgehead atoms. The molecule has 0 saturated carbocycles. The first-order valence-electron chi connectivity index (χ1n) is 7.35. The van der Waals surface area contributed by atoms with E-state index in [0.717, 1.165) is 44.3 Å². The number of rotatable bonds is 2. The fourth-order valence-electron chi connectivity index (χ4n) is 3.25. The molecule has 0 spiro atoms. The molecule has 1 amide bonds. The number of nitrogens with zero attached hydrogens (tertiary/aromatic N) is 1. The second-order valence-electron chi connectivity index (χ2n) is 5.81. The summed E-state index contributed by atoms with van der Waals surface area (Å²) in [6, 6.07) is 6.19. The monoisotopic (exact) mass is 288 g/mol. The van der Waals surface area contributed by atoms with Crippen molar-refractivity contribution in [1.82, 2.24) is 4.90 Å². The zero-order valence-electron chi connectivity index (χ0n) is 11.6. The highest BCUT2D eigenvalue weighted by Gasteiger charge is 2.25.